The van der Waals surface area contributed by atoms with Crippen molar-refractivity contribution < 1.29 is 4.79 Å². The molecule has 0 radical (unpaired) electrons. The van der Waals surface area contributed by atoms with E-state index in [0.29, 0.717) is 35.0 Å². The summed E-state index contributed by atoms with van der Waals surface area (Å²) >= 11 is 6.43. The van der Waals surface area contributed by atoms with Gasteiger partial charge in [-0.2, -0.15) is 10.4 Å². The van der Waals surface area contributed by atoms with Crippen LogP contribution < -0.4 is 11.1 Å². The van der Waals surface area contributed by atoms with Crippen LogP contribution in [0.15, 0.2) is 18.5 Å². The third kappa shape index (κ3) is 2.84. The number of nitrogen functional groups attached to an aromatic ring is 1. The first kappa shape index (κ1) is 18.2. The van der Waals surface area contributed by atoms with Crippen LogP contribution in [0.3, 0.4) is 0 Å². The second-order valence-electron chi connectivity index (χ2n) is 6.95. The Morgan fingerprint density at radius 2 is 2.21 bits per heavy atom. The van der Waals surface area contributed by atoms with Gasteiger partial charge in [-0.05, 0) is 31.0 Å². The standard InChI is InChI=1S/C19H18ClN7O/c1-9-17-18(22)24-8-25-19(17)27(26-9)10(2)11-3-13(12-5-16(28)23-7-12)14(6-21)15(20)4-11/h3-4,8,10,12H,5,7H2,1-2H3,(H,23,28)(H2,22,24,25). The van der Waals surface area contributed by atoms with Crippen molar-refractivity contribution in [2.45, 2.75) is 32.2 Å². The molecule has 0 saturated carbocycles. The van der Waals surface area contributed by atoms with Crippen LogP contribution in [0.4, 0.5) is 5.82 Å². The lowest BCUT2D eigenvalue weighted by Gasteiger charge is -2.18. The van der Waals surface area contributed by atoms with E-state index in [2.05, 4.69) is 26.5 Å². The minimum Gasteiger partial charge on any atom is -0.383 e. The van der Waals surface area contributed by atoms with Crippen LogP contribution in [0.2, 0.25) is 5.02 Å². The van der Waals surface area contributed by atoms with Gasteiger partial charge in [0.2, 0.25) is 5.91 Å². The fourth-order valence-corrected chi connectivity index (χ4v) is 4.01. The van der Waals surface area contributed by atoms with Crippen LogP contribution in [0.5, 0.6) is 0 Å². The van der Waals surface area contributed by atoms with Gasteiger partial charge in [-0.15, -0.1) is 0 Å². The van der Waals surface area contributed by atoms with Gasteiger partial charge in [0.05, 0.1) is 27.7 Å². The molecule has 4 rings (SSSR count). The molecule has 3 heterocycles. The Bertz CT molecular complexity index is 1150. The number of hydrogen-bond acceptors (Lipinski definition) is 6. The molecule has 3 aromatic rings. The molecule has 1 amide bonds. The quantitative estimate of drug-likeness (QED) is 0.702. The summed E-state index contributed by atoms with van der Waals surface area (Å²) < 4.78 is 1.78. The maximum Gasteiger partial charge on any atom is 0.220 e. The first-order chi connectivity index (χ1) is 13.4. The van der Waals surface area contributed by atoms with Crippen LogP contribution in [0.1, 0.15) is 47.7 Å². The molecule has 2 atom stereocenters. The summed E-state index contributed by atoms with van der Waals surface area (Å²) in [5, 5.41) is 18.1. The average Bonchev–Trinajstić information content (AvgIpc) is 3.24. The zero-order valence-electron chi connectivity index (χ0n) is 15.4. The zero-order chi connectivity index (χ0) is 20.0. The summed E-state index contributed by atoms with van der Waals surface area (Å²) in [4.78, 5) is 20.1. The van der Waals surface area contributed by atoms with Crippen molar-refractivity contribution in [3.8, 4) is 6.07 Å². The fraction of sp³-hybridized carbons (Fsp3) is 0.316. The minimum atomic E-state index is -0.209. The molecule has 2 aromatic heterocycles. The van der Waals surface area contributed by atoms with Crippen LogP contribution in [-0.2, 0) is 4.79 Å². The van der Waals surface area contributed by atoms with E-state index >= 15 is 0 Å². The maximum atomic E-state index is 11.7. The summed E-state index contributed by atoms with van der Waals surface area (Å²) in [6, 6.07) is 5.67. The number of amides is 1. The monoisotopic (exact) mass is 395 g/mol. The molecule has 0 spiro atoms. The topological polar surface area (TPSA) is 123 Å². The van der Waals surface area contributed by atoms with Crippen molar-refractivity contribution in [3.63, 3.8) is 0 Å². The molecule has 28 heavy (non-hydrogen) atoms. The molecule has 1 fully saturated rings. The van der Waals surface area contributed by atoms with E-state index in [0.717, 1.165) is 22.2 Å². The van der Waals surface area contributed by atoms with E-state index in [1.54, 1.807) is 10.7 Å². The van der Waals surface area contributed by atoms with Crippen LogP contribution >= 0.6 is 11.6 Å². The number of anilines is 1. The van der Waals surface area contributed by atoms with E-state index in [4.69, 9.17) is 17.3 Å². The Morgan fingerprint density at radius 3 is 2.89 bits per heavy atom. The molecule has 1 aliphatic rings. The first-order valence-corrected chi connectivity index (χ1v) is 9.24. The molecular weight excluding hydrogens is 378 g/mol. The Morgan fingerprint density at radius 1 is 1.43 bits per heavy atom. The molecule has 8 nitrogen and oxygen atoms in total. The Labute approximate surface area is 166 Å². The lowest BCUT2D eigenvalue weighted by molar-refractivity contribution is -0.119. The van der Waals surface area contributed by atoms with E-state index in [9.17, 15) is 10.1 Å². The predicted octanol–water partition coefficient (Wildman–Crippen LogP) is 2.45. The van der Waals surface area contributed by atoms with Crippen LogP contribution in [0.25, 0.3) is 11.0 Å². The van der Waals surface area contributed by atoms with Gasteiger partial charge in [0.1, 0.15) is 18.2 Å². The van der Waals surface area contributed by atoms with Crippen LogP contribution in [-0.4, -0.2) is 32.2 Å². The van der Waals surface area contributed by atoms with Gasteiger partial charge in [-0.3, -0.25) is 4.79 Å². The first-order valence-electron chi connectivity index (χ1n) is 8.86. The SMILES string of the molecule is Cc1nn(C(C)c2cc(Cl)c(C#N)c(C3CNC(=O)C3)c2)c2ncnc(N)c12. The molecule has 0 aliphatic carbocycles. The number of nitrogens with zero attached hydrogens (tertiary/aromatic N) is 5. The van der Waals surface area contributed by atoms with Crippen LogP contribution in [0, 0.1) is 18.3 Å². The van der Waals surface area contributed by atoms with Crippen molar-refractivity contribution in [2.75, 3.05) is 12.3 Å². The Hall–Kier alpha value is -3.18. The molecule has 3 N–H and O–H groups in total. The summed E-state index contributed by atoms with van der Waals surface area (Å²) in [6.45, 7) is 4.33. The minimum absolute atomic E-state index is 0.0238. The molecular formula is C19H18ClN7O. The highest BCUT2D eigenvalue weighted by Gasteiger charge is 2.28. The molecule has 1 aromatic carbocycles. The van der Waals surface area contributed by atoms with Crippen molar-refractivity contribution in [3.05, 3.63) is 45.9 Å². The van der Waals surface area contributed by atoms with Crippen molar-refractivity contribution >= 4 is 34.4 Å². The van der Waals surface area contributed by atoms with E-state index in [1.807, 2.05) is 19.9 Å². The number of hydrogen-bond donors (Lipinski definition) is 2. The number of fused-ring (bicyclic) bond motifs is 1. The molecule has 1 saturated heterocycles. The van der Waals surface area contributed by atoms with Gasteiger partial charge in [-0.25, -0.2) is 14.6 Å². The second-order valence-corrected chi connectivity index (χ2v) is 7.35. The van der Waals surface area contributed by atoms with E-state index < -0.39 is 0 Å². The number of nitrogens with one attached hydrogen (secondary N) is 1. The third-order valence-corrected chi connectivity index (χ3v) is 5.51. The average molecular weight is 396 g/mol. The van der Waals surface area contributed by atoms with E-state index in [-0.39, 0.29) is 17.9 Å². The summed E-state index contributed by atoms with van der Waals surface area (Å²) in [6.07, 6.45) is 1.76. The number of aromatic nitrogens is 4. The van der Waals surface area contributed by atoms with Gasteiger partial charge in [0, 0.05) is 18.9 Å². The summed E-state index contributed by atoms with van der Waals surface area (Å²) in [7, 11) is 0. The number of benzene rings is 1. The highest BCUT2D eigenvalue weighted by atomic mass is 35.5. The maximum absolute atomic E-state index is 11.7. The number of carbonyl (C=O) groups excluding carboxylic acids is 1. The Balaban J connectivity index is 1.84. The molecule has 2 unspecified atom stereocenters. The summed E-state index contributed by atoms with van der Waals surface area (Å²) in [5.74, 6) is 0.278. The normalized spacial score (nSPS) is 17.5. The number of carbonyl (C=O) groups is 1. The Kier molecular flexibility index (Phi) is 4.40. The number of nitriles is 1. The predicted molar refractivity (Wildman–Crippen MR) is 105 cm³/mol. The molecule has 0 bridgehead atoms. The number of aryl methyl sites for hydroxylation is 1. The second kappa shape index (κ2) is 6.77. The molecule has 142 valence electrons. The van der Waals surface area contributed by atoms with Crippen molar-refractivity contribution in [1.29, 1.82) is 5.26 Å². The lowest BCUT2D eigenvalue weighted by Crippen LogP contribution is -2.14. The van der Waals surface area contributed by atoms with Gasteiger partial charge in [0.15, 0.2) is 5.65 Å². The fourth-order valence-electron chi connectivity index (χ4n) is 3.74. The zero-order valence-corrected chi connectivity index (χ0v) is 16.2. The number of rotatable bonds is 3. The van der Waals surface area contributed by atoms with Gasteiger partial charge in [0.25, 0.3) is 0 Å². The molecule has 9 heteroatoms. The van der Waals surface area contributed by atoms with Crippen molar-refractivity contribution in [2.24, 2.45) is 0 Å². The van der Waals surface area contributed by atoms with Gasteiger partial charge in [-0.1, -0.05) is 17.7 Å². The number of halogens is 1. The summed E-state index contributed by atoms with van der Waals surface area (Å²) in [5.41, 5.74) is 9.43. The number of nitrogens with two attached hydrogens (primary N) is 1. The third-order valence-electron chi connectivity index (χ3n) is 5.21. The largest absolute Gasteiger partial charge is 0.383 e. The smallest absolute Gasteiger partial charge is 0.220 e. The highest BCUT2D eigenvalue weighted by Crippen LogP contribution is 2.35. The van der Waals surface area contributed by atoms with Gasteiger partial charge < -0.3 is 11.1 Å². The highest BCUT2D eigenvalue weighted by molar-refractivity contribution is 6.32. The van der Waals surface area contributed by atoms with Crippen molar-refractivity contribution in [1.82, 2.24) is 25.1 Å². The lowest BCUT2D eigenvalue weighted by atomic mass is 9.90. The van der Waals surface area contributed by atoms with E-state index in [1.165, 1.54) is 6.33 Å². The van der Waals surface area contributed by atoms with Gasteiger partial charge >= 0.3 is 0 Å². The molecule has 1 aliphatic heterocycles.